The molecule has 2 rings (SSSR count). The van der Waals surface area contributed by atoms with Gasteiger partial charge in [-0.1, -0.05) is 13.3 Å². The second-order valence-corrected chi connectivity index (χ2v) is 5.02. The Morgan fingerprint density at radius 1 is 1.32 bits per heavy atom. The topological polar surface area (TPSA) is 29.9 Å². The highest BCUT2D eigenvalue weighted by Gasteiger charge is 2.10. The lowest BCUT2D eigenvalue weighted by Crippen LogP contribution is -2.04. The molecule has 0 aliphatic heterocycles. The van der Waals surface area contributed by atoms with Crippen LogP contribution in [0, 0.1) is 11.6 Å². The number of benzene rings is 1. The summed E-state index contributed by atoms with van der Waals surface area (Å²) in [7, 11) is 0. The molecule has 0 unspecified atom stereocenters. The maximum Gasteiger partial charge on any atom is 0.207 e. The minimum atomic E-state index is -0.647. The third-order valence-electron chi connectivity index (χ3n) is 2.72. The third kappa shape index (κ3) is 3.32. The molecule has 6 heteroatoms. The van der Waals surface area contributed by atoms with Crippen LogP contribution in [0.1, 0.15) is 19.8 Å². The maximum atomic E-state index is 13.6. The molecule has 0 aliphatic rings. The molecule has 3 nitrogen and oxygen atoms in total. The standard InChI is InChI=1S/C13H14BrF2N3/c1-2-3-5-19-6-4-17-13(19)18-12-7-9(14)10(15)8-11(12)16/h4,6-8H,2-3,5H2,1H3,(H,17,18). The van der Waals surface area contributed by atoms with Crippen LogP contribution >= 0.6 is 15.9 Å². The predicted molar refractivity (Wildman–Crippen MR) is 74.5 cm³/mol. The van der Waals surface area contributed by atoms with E-state index < -0.39 is 11.6 Å². The van der Waals surface area contributed by atoms with Gasteiger partial charge < -0.3 is 9.88 Å². The number of aromatic nitrogens is 2. The summed E-state index contributed by atoms with van der Waals surface area (Å²) in [6.07, 6.45) is 5.55. The largest absolute Gasteiger partial charge is 0.323 e. The monoisotopic (exact) mass is 329 g/mol. The van der Waals surface area contributed by atoms with E-state index >= 15 is 0 Å². The fraction of sp³-hybridized carbons (Fsp3) is 0.308. The van der Waals surface area contributed by atoms with Crippen LogP contribution in [0.15, 0.2) is 29.0 Å². The SMILES string of the molecule is CCCCn1ccnc1Nc1cc(Br)c(F)cc1F. The molecule has 19 heavy (non-hydrogen) atoms. The lowest BCUT2D eigenvalue weighted by Gasteiger charge is -2.10. The summed E-state index contributed by atoms with van der Waals surface area (Å²) >= 11 is 3.04. The molecule has 102 valence electrons. The molecule has 0 spiro atoms. The number of halogens is 3. The first-order valence-corrected chi connectivity index (χ1v) is 6.83. The van der Waals surface area contributed by atoms with Gasteiger partial charge in [-0.3, -0.25) is 0 Å². The number of aryl methyl sites for hydroxylation is 1. The minimum Gasteiger partial charge on any atom is -0.323 e. The summed E-state index contributed by atoms with van der Waals surface area (Å²) < 4.78 is 28.9. The number of nitrogens with one attached hydrogen (secondary N) is 1. The molecular formula is C13H14BrF2N3. The smallest absolute Gasteiger partial charge is 0.207 e. The fourth-order valence-electron chi connectivity index (χ4n) is 1.68. The van der Waals surface area contributed by atoms with Crippen molar-refractivity contribution in [1.29, 1.82) is 0 Å². The molecule has 1 aromatic carbocycles. The summed E-state index contributed by atoms with van der Waals surface area (Å²) in [6.45, 7) is 2.91. The van der Waals surface area contributed by atoms with Crippen LogP contribution in [0.3, 0.4) is 0 Å². The first kappa shape index (κ1) is 14.0. The summed E-state index contributed by atoms with van der Waals surface area (Å²) in [4.78, 5) is 4.13. The average molecular weight is 330 g/mol. The van der Waals surface area contributed by atoms with Crippen LogP contribution in [-0.2, 0) is 6.54 Å². The minimum absolute atomic E-state index is 0.192. The first-order chi connectivity index (χ1) is 9.11. The lowest BCUT2D eigenvalue weighted by atomic mass is 10.3. The lowest BCUT2D eigenvalue weighted by molar-refractivity contribution is 0.581. The van der Waals surface area contributed by atoms with E-state index in [1.54, 1.807) is 6.20 Å². The highest BCUT2D eigenvalue weighted by molar-refractivity contribution is 9.10. The quantitative estimate of drug-likeness (QED) is 0.820. The molecule has 0 aliphatic carbocycles. The van der Waals surface area contributed by atoms with Crippen molar-refractivity contribution >= 4 is 27.6 Å². The Kier molecular flexibility index (Phi) is 4.52. The summed E-state index contributed by atoms with van der Waals surface area (Å²) in [5, 5.41) is 2.88. The van der Waals surface area contributed by atoms with Gasteiger partial charge in [0.15, 0.2) is 0 Å². The van der Waals surface area contributed by atoms with E-state index in [4.69, 9.17) is 0 Å². The average Bonchev–Trinajstić information content (AvgIpc) is 2.81. The van der Waals surface area contributed by atoms with Gasteiger partial charge in [0.2, 0.25) is 5.95 Å². The Morgan fingerprint density at radius 2 is 2.11 bits per heavy atom. The van der Waals surface area contributed by atoms with Crippen molar-refractivity contribution in [2.45, 2.75) is 26.3 Å². The van der Waals surface area contributed by atoms with Gasteiger partial charge in [0.25, 0.3) is 0 Å². The van der Waals surface area contributed by atoms with Gasteiger partial charge in [0.1, 0.15) is 11.6 Å². The van der Waals surface area contributed by atoms with Crippen molar-refractivity contribution < 1.29 is 8.78 Å². The molecule has 0 saturated carbocycles. The number of hydrogen-bond donors (Lipinski definition) is 1. The Hall–Kier alpha value is -1.43. The molecule has 1 heterocycles. The summed E-state index contributed by atoms with van der Waals surface area (Å²) in [6, 6.07) is 2.20. The second-order valence-electron chi connectivity index (χ2n) is 4.17. The van der Waals surface area contributed by atoms with Crippen LogP contribution in [0.2, 0.25) is 0 Å². The fourth-order valence-corrected chi connectivity index (χ4v) is 2.02. The maximum absolute atomic E-state index is 13.6. The Labute approximate surface area is 118 Å². The second kappa shape index (κ2) is 6.14. The van der Waals surface area contributed by atoms with E-state index in [-0.39, 0.29) is 10.2 Å². The third-order valence-corrected chi connectivity index (χ3v) is 3.33. The van der Waals surface area contributed by atoms with Crippen LogP contribution in [-0.4, -0.2) is 9.55 Å². The molecule has 0 fully saturated rings. The van der Waals surface area contributed by atoms with Crippen molar-refractivity contribution in [3.63, 3.8) is 0 Å². The molecular weight excluding hydrogens is 316 g/mol. The van der Waals surface area contributed by atoms with Gasteiger partial charge in [-0.2, -0.15) is 0 Å². The zero-order valence-corrected chi connectivity index (χ0v) is 12.0. The van der Waals surface area contributed by atoms with Crippen LogP contribution in [0.4, 0.5) is 20.4 Å². The van der Waals surface area contributed by atoms with Gasteiger partial charge in [0, 0.05) is 25.0 Å². The Balaban J connectivity index is 2.21. The van der Waals surface area contributed by atoms with E-state index in [0.717, 1.165) is 25.5 Å². The van der Waals surface area contributed by atoms with Gasteiger partial charge >= 0.3 is 0 Å². The summed E-state index contributed by atoms with van der Waals surface area (Å²) in [5.74, 6) is -0.728. The molecule has 2 aromatic rings. The van der Waals surface area contributed by atoms with Crippen molar-refractivity contribution in [2.75, 3.05) is 5.32 Å². The molecule has 0 atom stereocenters. The number of imidazole rings is 1. The van der Waals surface area contributed by atoms with Gasteiger partial charge in [-0.05, 0) is 28.4 Å². The van der Waals surface area contributed by atoms with Crippen molar-refractivity contribution in [3.8, 4) is 0 Å². The Morgan fingerprint density at radius 3 is 2.84 bits per heavy atom. The van der Waals surface area contributed by atoms with E-state index in [9.17, 15) is 8.78 Å². The molecule has 0 saturated heterocycles. The van der Waals surface area contributed by atoms with E-state index in [1.165, 1.54) is 6.07 Å². The molecule has 1 N–H and O–H groups in total. The van der Waals surface area contributed by atoms with Gasteiger partial charge in [-0.15, -0.1) is 0 Å². The van der Waals surface area contributed by atoms with E-state index in [0.29, 0.717) is 5.95 Å². The zero-order chi connectivity index (χ0) is 13.8. The van der Waals surface area contributed by atoms with E-state index in [1.807, 2.05) is 10.8 Å². The van der Waals surface area contributed by atoms with E-state index in [2.05, 4.69) is 33.2 Å². The highest BCUT2D eigenvalue weighted by atomic mass is 79.9. The Bertz CT molecular complexity index is 569. The van der Waals surface area contributed by atoms with Crippen molar-refractivity contribution in [2.24, 2.45) is 0 Å². The van der Waals surface area contributed by atoms with Gasteiger partial charge in [0.05, 0.1) is 10.2 Å². The molecule has 1 aromatic heterocycles. The number of hydrogen-bond acceptors (Lipinski definition) is 2. The normalized spacial score (nSPS) is 10.7. The van der Waals surface area contributed by atoms with Crippen molar-refractivity contribution in [3.05, 3.63) is 40.6 Å². The molecule has 0 radical (unpaired) electrons. The summed E-state index contributed by atoms with van der Waals surface area (Å²) in [5.41, 5.74) is 0.192. The van der Waals surface area contributed by atoms with Crippen LogP contribution in [0.25, 0.3) is 0 Å². The van der Waals surface area contributed by atoms with Crippen LogP contribution in [0.5, 0.6) is 0 Å². The van der Waals surface area contributed by atoms with Crippen molar-refractivity contribution in [1.82, 2.24) is 9.55 Å². The first-order valence-electron chi connectivity index (χ1n) is 6.04. The zero-order valence-electron chi connectivity index (χ0n) is 10.5. The number of rotatable bonds is 5. The van der Waals surface area contributed by atoms with Gasteiger partial charge in [-0.25, -0.2) is 13.8 Å². The highest BCUT2D eigenvalue weighted by Crippen LogP contribution is 2.26. The number of anilines is 2. The predicted octanol–water partition coefficient (Wildman–Crippen LogP) is 4.47. The molecule has 0 bridgehead atoms. The number of nitrogens with zero attached hydrogens (tertiary/aromatic N) is 2. The molecule has 0 amide bonds. The van der Waals surface area contributed by atoms with Crippen LogP contribution < -0.4 is 5.32 Å². The number of unbranched alkanes of at least 4 members (excludes halogenated alkanes) is 1.